The van der Waals surface area contributed by atoms with Crippen LogP contribution in [0, 0.1) is 69.7 Å². The molecule has 0 aromatic heterocycles. The molecule has 0 bridgehead atoms. The Balaban J connectivity index is -0.0000000865. The third-order valence-electron chi connectivity index (χ3n) is 4.82. The molecule has 0 aromatic rings. The molecule has 0 saturated heterocycles. The minimum absolute atomic E-state index is 0. The Bertz CT molecular complexity index is 407. The Morgan fingerprint density at radius 1 is 0.714 bits per heavy atom. The average Bonchev–Trinajstić information content (AvgIpc) is 2.75. The van der Waals surface area contributed by atoms with Gasteiger partial charge in [-0.1, -0.05) is 34.6 Å². The van der Waals surface area contributed by atoms with E-state index in [2.05, 4.69) is 53.4 Å². The van der Waals surface area contributed by atoms with E-state index >= 15 is 0 Å². The van der Waals surface area contributed by atoms with Crippen molar-refractivity contribution in [2.45, 2.75) is 83.1 Å². The van der Waals surface area contributed by atoms with Crippen molar-refractivity contribution >= 4 is 6.29 Å². The van der Waals surface area contributed by atoms with Crippen LogP contribution >= 0.6 is 0 Å². The van der Waals surface area contributed by atoms with Gasteiger partial charge < -0.3 is 4.79 Å². The van der Waals surface area contributed by atoms with Crippen LogP contribution in [0.4, 0.5) is 0 Å². The van der Waals surface area contributed by atoms with E-state index in [9.17, 15) is 0 Å². The fourth-order valence-corrected chi connectivity index (χ4v) is 2.39. The molecule has 0 radical (unpaired) electrons. The maximum absolute atomic E-state index is 8.68. The van der Waals surface area contributed by atoms with E-state index in [1.807, 2.05) is 41.5 Å². The first-order valence-corrected chi connectivity index (χ1v) is 9.41. The van der Waals surface area contributed by atoms with Gasteiger partial charge in [0.2, 0.25) is 0 Å². The van der Waals surface area contributed by atoms with Crippen LogP contribution in [-0.4, -0.2) is 6.29 Å². The molecule has 0 heterocycles. The second-order valence-corrected chi connectivity index (χ2v) is 9.22. The number of hydrogen-bond donors (Lipinski definition) is 0. The van der Waals surface area contributed by atoms with Crippen molar-refractivity contribution in [2.24, 2.45) is 40.4 Å². The number of nitriles is 2. The molecule has 0 unspecified atom stereocenters. The maximum Gasteiger partial charge on any atom is 2.00 e. The smallest absolute Gasteiger partial charge is 2.00 e. The normalized spacial score (nSPS) is 24.8. The van der Waals surface area contributed by atoms with Crippen molar-refractivity contribution in [1.82, 2.24) is 0 Å². The molecule has 5 heteroatoms. The van der Waals surface area contributed by atoms with Crippen molar-refractivity contribution in [3.05, 3.63) is 6.65 Å². The summed E-state index contributed by atoms with van der Waals surface area (Å²) in [6.07, 6.45) is 1.50. The molecule has 1 rings (SSSR count). The van der Waals surface area contributed by atoms with Gasteiger partial charge in [-0.05, 0) is 71.1 Å². The van der Waals surface area contributed by atoms with Gasteiger partial charge in [0.1, 0.15) is 0 Å². The van der Waals surface area contributed by atoms with Crippen LogP contribution in [0.5, 0.6) is 0 Å². The zero-order valence-electron chi connectivity index (χ0n) is 20.0. The van der Waals surface area contributed by atoms with Crippen LogP contribution in [-0.2, 0) is 30.5 Å². The molecule has 0 amide bonds. The third kappa shape index (κ3) is 23.1. The second kappa shape index (κ2) is 19.4. The zero-order valence-corrected chi connectivity index (χ0v) is 22.9. The molecule has 0 aliphatic heterocycles. The zero-order chi connectivity index (χ0) is 23.0. The molecule has 1 saturated carbocycles. The third-order valence-corrected chi connectivity index (χ3v) is 4.82. The first-order chi connectivity index (χ1) is 12.1. The summed E-state index contributed by atoms with van der Waals surface area (Å²) in [6.45, 7) is 29.1. The van der Waals surface area contributed by atoms with E-state index in [-0.39, 0.29) is 31.9 Å². The van der Waals surface area contributed by atoms with Crippen LogP contribution in [0.3, 0.4) is 0 Å². The molecular formula is C23H41N2O2W+. The van der Waals surface area contributed by atoms with Crippen molar-refractivity contribution < 1.29 is 30.5 Å². The van der Waals surface area contributed by atoms with Gasteiger partial charge in [0, 0.05) is 10.8 Å². The molecule has 0 N–H and O–H groups in total. The summed E-state index contributed by atoms with van der Waals surface area (Å²) in [5.74, 6) is 4.68. The largest absolute Gasteiger partial charge is 2.00 e. The molecule has 28 heavy (non-hydrogen) atoms. The average molecular weight is 561 g/mol. The number of rotatable bonds is 0. The van der Waals surface area contributed by atoms with Crippen LogP contribution < -0.4 is 0 Å². The Morgan fingerprint density at radius 3 is 0.821 bits per heavy atom. The first kappa shape index (κ1) is 37.8. The van der Waals surface area contributed by atoms with Crippen molar-refractivity contribution in [3.63, 3.8) is 0 Å². The van der Waals surface area contributed by atoms with Crippen molar-refractivity contribution in [1.29, 1.82) is 10.5 Å². The molecular weight excluding hydrogens is 520 g/mol. The molecule has 0 spiro atoms. The van der Waals surface area contributed by atoms with E-state index in [0.717, 1.165) is 29.6 Å². The topological polar surface area (TPSA) is 84.6 Å². The minimum Gasteiger partial charge on any atom is 2.00 e. The SMILES string of the molecule is CC(C)(C)C#N.CC(C)(C)C#N.CC1C(C)C(C)C(C)C1C.C[C-]=O.[C-]#[O+].[W+2]. The summed E-state index contributed by atoms with van der Waals surface area (Å²) >= 11 is 0. The summed E-state index contributed by atoms with van der Waals surface area (Å²) in [6, 6.07) is 4.21. The van der Waals surface area contributed by atoms with Gasteiger partial charge in [0.15, 0.2) is 0 Å². The van der Waals surface area contributed by atoms with Crippen molar-refractivity contribution in [3.8, 4) is 12.1 Å². The fraction of sp³-hybridized carbons (Fsp3) is 0.826. The van der Waals surface area contributed by atoms with Gasteiger partial charge in [0.05, 0.1) is 12.1 Å². The fourth-order valence-electron chi connectivity index (χ4n) is 2.39. The standard InChI is InChI=1S/C10H20.2C5H9N.C2H3O.CO.W/c1-6-7(2)9(4)10(5)8(6)3;2*1-5(2,3)4-6;1-2-3;1-2;/h6-10H,1-5H3;2*1-3H3;1H3;;/q;;;-1;;+2. The Morgan fingerprint density at radius 2 is 0.786 bits per heavy atom. The van der Waals surface area contributed by atoms with Crippen LogP contribution in [0.1, 0.15) is 83.1 Å². The van der Waals surface area contributed by atoms with Gasteiger partial charge in [0.25, 0.3) is 0 Å². The molecule has 0 atom stereocenters. The Kier molecular flexibility index (Phi) is 26.2. The van der Waals surface area contributed by atoms with Gasteiger partial charge in [-0.2, -0.15) is 17.4 Å². The van der Waals surface area contributed by atoms with Crippen LogP contribution in [0.25, 0.3) is 0 Å². The Labute approximate surface area is 189 Å². The van der Waals surface area contributed by atoms with E-state index in [1.54, 1.807) is 0 Å². The first-order valence-electron chi connectivity index (χ1n) is 9.41. The summed E-state index contributed by atoms with van der Waals surface area (Å²) in [7, 11) is 0. The molecule has 0 aromatic carbocycles. The molecule has 160 valence electrons. The van der Waals surface area contributed by atoms with Crippen molar-refractivity contribution in [2.75, 3.05) is 0 Å². The molecule has 4 nitrogen and oxygen atoms in total. The number of nitrogens with zero attached hydrogens (tertiary/aromatic N) is 2. The summed E-state index contributed by atoms with van der Waals surface area (Å²) < 4.78 is 7.50. The van der Waals surface area contributed by atoms with Gasteiger partial charge in [-0.25, -0.2) is 0 Å². The van der Waals surface area contributed by atoms with Crippen LogP contribution in [0.15, 0.2) is 0 Å². The summed E-state index contributed by atoms with van der Waals surface area (Å²) in [4.78, 5) is 8.68. The van der Waals surface area contributed by atoms with Gasteiger partial charge in [-0.15, -0.1) is 0 Å². The quantitative estimate of drug-likeness (QED) is 0.255. The summed E-state index contributed by atoms with van der Waals surface area (Å²) in [5, 5.41) is 16.3. The molecule has 1 aliphatic rings. The van der Waals surface area contributed by atoms with E-state index in [0.29, 0.717) is 0 Å². The number of carbonyl (C=O) groups excluding carboxylic acids is 1. The summed E-state index contributed by atoms with van der Waals surface area (Å²) in [5.41, 5.74) is -0.306. The minimum atomic E-state index is -0.153. The predicted octanol–water partition coefficient (Wildman–Crippen LogP) is 6.37. The van der Waals surface area contributed by atoms with E-state index in [1.165, 1.54) is 13.2 Å². The van der Waals surface area contributed by atoms with Gasteiger partial charge in [-0.3, -0.25) is 6.29 Å². The molecule has 1 fully saturated rings. The second-order valence-electron chi connectivity index (χ2n) is 9.22. The monoisotopic (exact) mass is 561 g/mol. The number of hydrogen-bond acceptors (Lipinski definition) is 3. The van der Waals surface area contributed by atoms with Crippen LogP contribution in [0.2, 0.25) is 0 Å². The van der Waals surface area contributed by atoms with Gasteiger partial charge >= 0.3 is 32.4 Å². The maximum atomic E-state index is 8.68. The predicted molar refractivity (Wildman–Crippen MR) is 111 cm³/mol. The molecule has 1 aliphatic carbocycles. The van der Waals surface area contributed by atoms with E-state index in [4.69, 9.17) is 20.0 Å². The Hall–Kier alpha value is -0.922. The van der Waals surface area contributed by atoms with E-state index < -0.39 is 0 Å².